The number of ether oxygens (including phenoxy) is 2. The highest BCUT2D eigenvalue weighted by Crippen LogP contribution is 2.27. The van der Waals surface area contributed by atoms with E-state index in [2.05, 4.69) is 22.3 Å². The Morgan fingerprint density at radius 1 is 1.07 bits per heavy atom. The lowest BCUT2D eigenvalue weighted by Crippen LogP contribution is -2.37. The van der Waals surface area contributed by atoms with Gasteiger partial charge in [0.1, 0.15) is 17.1 Å². The van der Waals surface area contributed by atoms with Gasteiger partial charge in [0.2, 0.25) is 5.91 Å². The van der Waals surface area contributed by atoms with Gasteiger partial charge in [-0.15, -0.1) is 0 Å². The highest BCUT2D eigenvalue weighted by Gasteiger charge is 2.24. The molecule has 1 fully saturated rings. The first-order chi connectivity index (χ1) is 14.7. The predicted molar refractivity (Wildman–Crippen MR) is 116 cm³/mol. The molecular weight excluding hydrogens is 380 g/mol. The van der Waals surface area contributed by atoms with E-state index in [0.29, 0.717) is 6.54 Å². The van der Waals surface area contributed by atoms with Crippen LogP contribution in [0.1, 0.15) is 30.0 Å². The van der Waals surface area contributed by atoms with Gasteiger partial charge >= 0.3 is 0 Å². The topological polar surface area (TPSA) is 63.9 Å². The third-order valence-electron chi connectivity index (χ3n) is 5.79. The molecule has 1 unspecified atom stereocenters. The average molecular weight is 408 g/mol. The average Bonchev–Trinajstić information content (AvgIpc) is 3.44. The number of furan rings is 1. The molecule has 0 saturated carbocycles. The fourth-order valence-electron chi connectivity index (χ4n) is 4.11. The van der Waals surface area contributed by atoms with Gasteiger partial charge in [0.05, 0.1) is 32.9 Å². The molecule has 1 amide bonds. The summed E-state index contributed by atoms with van der Waals surface area (Å²) in [5.41, 5.74) is 2.80. The van der Waals surface area contributed by atoms with E-state index in [1.165, 1.54) is 18.4 Å². The van der Waals surface area contributed by atoms with Crippen LogP contribution in [0.2, 0.25) is 0 Å². The summed E-state index contributed by atoms with van der Waals surface area (Å²) in [5.74, 6) is 1.57. The Labute approximate surface area is 176 Å². The van der Waals surface area contributed by atoms with Crippen molar-refractivity contribution in [1.29, 1.82) is 0 Å². The lowest BCUT2D eigenvalue weighted by Gasteiger charge is -2.28. The molecule has 0 aliphatic carbocycles. The number of benzene rings is 2. The van der Waals surface area contributed by atoms with Crippen LogP contribution in [-0.4, -0.2) is 44.7 Å². The van der Waals surface area contributed by atoms with Crippen molar-refractivity contribution in [3.05, 3.63) is 59.9 Å². The van der Waals surface area contributed by atoms with Gasteiger partial charge in [-0.05, 0) is 55.8 Å². The molecule has 1 saturated heterocycles. The Kier molecular flexibility index (Phi) is 6.23. The molecule has 0 bridgehead atoms. The van der Waals surface area contributed by atoms with Gasteiger partial charge < -0.3 is 19.2 Å². The van der Waals surface area contributed by atoms with Gasteiger partial charge in [-0.25, -0.2) is 0 Å². The molecule has 6 heteroatoms. The van der Waals surface area contributed by atoms with Crippen LogP contribution in [0.5, 0.6) is 11.5 Å². The summed E-state index contributed by atoms with van der Waals surface area (Å²) in [4.78, 5) is 15.2. The van der Waals surface area contributed by atoms with Crippen LogP contribution >= 0.6 is 0 Å². The molecule has 158 valence electrons. The Hall–Kier alpha value is -2.99. The second-order valence-corrected chi connectivity index (χ2v) is 7.64. The zero-order valence-electron chi connectivity index (χ0n) is 17.5. The third kappa shape index (κ3) is 4.44. The van der Waals surface area contributed by atoms with Gasteiger partial charge in [0, 0.05) is 23.6 Å². The third-order valence-corrected chi connectivity index (χ3v) is 5.79. The van der Waals surface area contributed by atoms with Crippen molar-refractivity contribution in [2.24, 2.45) is 0 Å². The van der Waals surface area contributed by atoms with Gasteiger partial charge in [-0.3, -0.25) is 9.69 Å². The number of nitrogens with one attached hydrogen (secondary N) is 1. The maximum Gasteiger partial charge on any atom is 0.224 e. The van der Waals surface area contributed by atoms with E-state index in [9.17, 15) is 4.79 Å². The van der Waals surface area contributed by atoms with Crippen molar-refractivity contribution in [3.63, 3.8) is 0 Å². The van der Waals surface area contributed by atoms with E-state index in [1.807, 2.05) is 30.3 Å². The zero-order valence-corrected chi connectivity index (χ0v) is 17.5. The summed E-state index contributed by atoms with van der Waals surface area (Å²) in [7, 11) is 3.29. The van der Waals surface area contributed by atoms with Crippen LogP contribution in [0.15, 0.2) is 53.1 Å². The molecule has 6 nitrogen and oxygen atoms in total. The predicted octanol–water partition coefficient (Wildman–Crippen LogP) is 3.95. The van der Waals surface area contributed by atoms with Crippen molar-refractivity contribution < 1.29 is 18.7 Å². The summed E-state index contributed by atoms with van der Waals surface area (Å²) in [6.07, 6.45) is 4.34. The van der Waals surface area contributed by atoms with E-state index in [-0.39, 0.29) is 18.4 Å². The highest BCUT2D eigenvalue weighted by molar-refractivity contribution is 5.88. The van der Waals surface area contributed by atoms with Crippen molar-refractivity contribution in [2.45, 2.75) is 25.3 Å². The summed E-state index contributed by atoms with van der Waals surface area (Å²) < 4.78 is 16.1. The molecule has 4 rings (SSSR count). The molecule has 0 spiro atoms. The van der Waals surface area contributed by atoms with Gasteiger partial charge in [0.25, 0.3) is 0 Å². The first kappa shape index (κ1) is 20.3. The summed E-state index contributed by atoms with van der Waals surface area (Å²) in [6.45, 7) is 2.69. The largest absolute Gasteiger partial charge is 0.497 e. The summed E-state index contributed by atoms with van der Waals surface area (Å²) >= 11 is 0. The molecular formula is C24H28N2O4. The SMILES string of the molecule is COc1ccc(C(CNC(=O)Cc2coc3cc(OC)ccc23)N2CCCC2)cc1. The first-order valence-electron chi connectivity index (χ1n) is 10.4. The second-order valence-electron chi connectivity index (χ2n) is 7.64. The standard InChI is InChI=1S/C24H28N2O4/c1-28-19-7-5-17(6-8-19)22(26-11-3-4-12-26)15-25-24(27)13-18-16-30-23-14-20(29-2)9-10-21(18)23/h5-10,14,16,22H,3-4,11-13,15H2,1-2H3,(H,25,27). The molecule has 1 aliphatic heterocycles. The van der Waals surface area contributed by atoms with E-state index < -0.39 is 0 Å². The van der Waals surface area contributed by atoms with Gasteiger partial charge in [-0.1, -0.05) is 12.1 Å². The maximum absolute atomic E-state index is 12.7. The molecule has 1 aliphatic rings. The molecule has 0 radical (unpaired) electrons. The quantitative estimate of drug-likeness (QED) is 0.612. The summed E-state index contributed by atoms with van der Waals surface area (Å²) in [6, 6.07) is 13.9. The molecule has 1 atom stereocenters. The lowest BCUT2D eigenvalue weighted by atomic mass is 10.0. The van der Waals surface area contributed by atoms with Crippen LogP contribution in [-0.2, 0) is 11.2 Å². The molecule has 3 aromatic rings. The zero-order chi connectivity index (χ0) is 20.9. The van der Waals surface area contributed by atoms with Crippen molar-refractivity contribution in [3.8, 4) is 11.5 Å². The van der Waals surface area contributed by atoms with Crippen molar-refractivity contribution >= 4 is 16.9 Å². The summed E-state index contributed by atoms with van der Waals surface area (Å²) in [5, 5.41) is 4.08. The number of hydrogen-bond acceptors (Lipinski definition) is 5. The second kappa shape index (κ2) is 9.22. The Balaban J connectivity index is 1.43. The Morgan fingerprint density at radius 3 is 2.47 bits per heavy atom. The molecule has 2 aromatic carbocycles. The van der Waals surface area contributed by atoms with E-state index in [1.54, 1.807) is 20.5 Å². The number of amides is 1. The fourth-order valence-corrected chi connectivity index (χ4v) is 4.11. The molecule has 1 N–H and O–H groups in total. The molecule has 30 heavy (non-hydrogen) atoms. The van der Waals surface area contributed by atoms with Crippen LogP contribution in [0.4, 0.5) is 0 Å². The number of fused-ring (bicyclic) bond motifs is 1. The van der Waals surface area contributed by atoms with Crippen LogP contribution < -0.4 is 14.8 Å². The minimum Gasteiger partial charge on any atom is -0.497 e. The Morgan fingerprint density at radius 2 is 1.77 bits per heavy atom. The normalized spacial score (nSPS) is 15.3. The monoisotopic (exact) mass is 408 g/mol. The number of rotatable bonds is 8. The number of methoxy groups -OCH3 is 2. The van der Waals surface area contributed by atoms with Crippen molar-refractivity contribution in [1.82, 2.24) is 10.2 Å². The van der Waals surface area contributed by atoms with Crippen LogP contribution in [0, 0.1) is 0 Å². The maximum atomic E-state index is 12.7. The molecule has 2 heterocycles. The van der Waals surface area contributed by atoms with Gasteiger partial charge in [0.15, 0.2) is 0 Å². The highest BCUT2D eigenvalue weighted by atomic mass is 16.5. The number of carbonyl (C=O) groups is 1. The minimum atomic E-state index is -0.00812. The van der Waals surface area contributed by atoms with E-state index in [0.717, 1.165) is 41.1 Å². The number of hydrogen-bond donors (Lipinski definition) is 1. The smallest absolute Gasteiger partial charge is 0.224 e. The first-order valence-corrected chi connectivity index (χ1v) is 10.4. The Bertz CT molecular complexity index is 990. The minimum absolute atomic E-state index is 0.00812. The lowest BCUT2D eigenvalue weighted by molar-refractivity contribution is -0.120. The fraction of sp³-hybridized carbons (Fsp3) is 0.375. The number of carbonyl (C=O) groups excluding carboxylic acids is 1. The van der Waals surface area contributed by atoms with E-state index in [4.69, 9.17) is 13.9 Å². The number of nitrogens with zero attached hydrogens (tertiary/aromatic N) is 1. The van der Waals surface area contributed by atoms with Gasteiger partial charge in [-0.2, -0.15) is 0 Å². The van der Waals surface area contributed by atoms with Crippen LogP contribution in [0.3, 0.4) is 0 Å². The van der Waals surface area contributed by atoms with E-state index >= 15 is 0 Å². The van der Waals surface area contributed by atoms with Crippen molar-refractivity contribution in [2.75, 3.05) is 33.9 Å². The number of likely N-dealkylation sites (tertiary alicyclic amines) is 1. The molecule has 1 aromatic heterocycles. The van der Waals surface area contributed by atoms with Crippen LogP contribution in [0.25, 0.3) is 11.0 Å².